The fourth-order valence-corrected chi connectivity index (χ4v) is 5.37. The number of thiophene rings is 1. The quantitative estimate of drug-likeness (QED) is 0.454. The number of alkyl halides is 3. The van der Waals surface area contributed by atoms with Gasteiger partial charge in [-0.05, 0) is 48.9 Å². The van der Waals surface area contributed by atoms with E-state index in [1.165, 1.54) is 13.2 Å². The molecule has 2 aromatic heterocycles. The molecule has 1 amide bonds. The molecule has 0 spiro atoms. The zero-order valence-electron chi connectivity index (χ0n) is 17.4. The van der Waals surface area contributed by atoms with Gasteiger partial charge in [0.2, 0.25) is 0 Å². The van der Waals surface area contributed by atoms with E-state index in [0.29, 0.717) is 29.3 Å². The summed E-state index contributed by atoms with van der Waals surface area (Å²) in [6, 6.07) is 4.66. The molecule has 0 radical (unpaired) electrons. The highest BCUT2D eigenvalue weighted by Gasteiger charge is 2.40. The highest BCUT2D eigenvalue weighted by Crippen LogP contribution is 2.46. The highest BCUT2D eigenvalue weighted by molar-refractivity contribution is 7.21. The number of hydrogen-bond donors (Lipinski definition) is 2. The summed E-state index contributed by atoms with van der Waals surface area (Å²) in [4.78, 5) is 17.6. The van der Waals surface area contributed by atoms with Crippen molar-refractivity contribution in [2.45, 2.75) is 38.8 Å². The van der Waals surface area contributed by atoms with Gasteiger partial charge in [-0.1, -0.05) is 24.9 Å². The van der Waals surface area contributed by atoms with Crippen LogP contribution in [-0.4, -0.2) is 18.0 Å². The lowest BCUT2D eigenvalue weighted by molar-refractivity contribution is -0.137. The minimum absolute atomic E-state index is 0.0329. The van der Waals surface area contributed by atoms with E-state index in [0.717, 1.165) is 24.2 Å². The summed E-state index contributed by atoms with van der Waals surface area (Å²) < 4.78 is 47.8. The van der Waals surface area contributed by atoms with Gasteiger partial charge < -0.3 is 15.8 Å². The molecule has 3 N–H and O–H groups in total. The van der Waals surface area contributed by atoms with Crippen LogP contribution in [0.25, 0.3) is 10.2 Å². The number of benzene rings is 1. The Morgan fingerprint density at radius 2 is 2.16 bits per heavy atom. The van der Waals surface area contributed by atoms with Crippen molar-refractivity contribution in [3.05, 3.63) is 44.9 Å². The van der Waals surface area contributed by atoms with Gasteiger partial charge in [0, 0.05) is 16.1 Å². The Morgan fingerprint density at radius 1 is 1.41 bits per heavy atom. The van der Waals surface area contributed by atoms with Gasteiger partial charge in [-0.25, -0.2) is 4.98 Å². The summed E-state index contributed by atoms with van der Waals surface area (Å²) >= 11 is 6.86. The molecule has 0 unspecified atom stereocenters. The SMILES string of the molecule is CC[C@@H]1CCc2nc3sc(C(=O)Nc4cc(Cl)ccc4OC)c(N)c3c(C(F)(F)F)c2C1. The van der Waals surface area contributed by atoms with Crippen molar-refractivity contribution in [2.75, 3.05) is 18.2 Å². The Morgan fingerprint density at radius 3 is 2.81 bits per heavy atom. The number of fused-ring (bicyclic) bond motifs is 2. The van der Waals surface area contributed by atoms with Gasteiger partial charge in [0.1, 0.15) is 15.5 Å². The third-order valence-electron chi connectivity index (χ3n) is 5.82. The number of halogens is 4. The number of nitrogens with two attached hydrogens (primary N) is 1. The van der Waals surface area contributed by atoms with E-state index >= 15 is 0 Å². The summed E-state index contributed by atoms with van der Waals surface area (Å²) in [5.74, 6) is -0.123. The Labute approximate surface area is 191 Å². The van der Waals surface area contributed by atoms with Crippen LogP contribution in [0.15, 0.2) is 18.2 Å². The molecular weight excluding hydrogens is 463 g/mol. The van der Waals surface area contributed by atoms with Crippen molar-refractivity contribution in [3.8, 4) is 5.75 Å². The van der Waals surface area contributed by atoms with Crippen LogP contribution < -0.4 is 15.8 Å². The predicted octanol–water partition coefficient (Wildman–Crippen LogP) is 6.33. The molecular formula is C22H21ClF3N3O2S. The van der Waals surface area contributed by atoms with Crippen molar-refractivity contribution >= 4 is 50.4 Å². The number of pyridine rings is 1. The van der Waals surface area contributed by atoms with E-state index in [9.17, 15) is 18.0 Å². The molecule has 1 atom stereocenters. The summed E-state index contributed by atoms with van der Waals surface area (Å²) in [5, 5.41) is 2.81. The molecule has 170 valence electrons. The molecule has 1 aliphatic rings. The zero-order valence-corrected chi connectivity index (χ0v) is 19.0. The number of carbonyl (C=O) groups excluding carboxylic acids is 1. The van der Waals surface area contributed by atoms with Gasteiger partial charge in [-0.3, -0.25) is 4.79 Å². The maximum atomic E-state index is 14.2. The fraction of sp³-hybridized carbons (Fsp3) is 0.364. The first-order chi connectivity index (χ1) is 15.1. The van der Waals surface area contributed by atoms with Crippen LogP contribution in [0.4, 0.5) is 24.5 Å². The lowest BCUT2D eigenvalue weighted by Crippen LogP contribution is -2.21. The molecule has 4 rings (SSSR count). The minimum atomic E-state index is -4.61. The van der Waals surface area contributed by atoms with Crippen molar-refractivity contribution in [3.63, 3.8) is 0 Å². The summed E-state index contributed by atoms with van der Waals surface area (Å²) in [5.41, 5.74) is 6.10. The number of aromatic nitrogens is 1. The topological polar surface area (TPSA) is 77.2 Å². The monoisotopic (exact) mass is 483 g/mol. The van der Waals surface area contributed by atoms with Gasteiger partial charge >= 0.3 is 6.18 Å². The Kier molecular flexibility index (Phi) is 5.98. The second kappa shape index (κ2) is 8.44. The van der Waals surface area contributed by atoms with Gasteiger partial charge in [-0.15, -0.1) is 11.3 Å². The van der Waals surface area contributed by atoms with Gasteiger partial charge in [0.25, 0.3) is 5.91 Å². The molecule has 0 bridgehead atoms. The number of nitrogen functional groups attached to an aromatic ring is 1. The van der Waals surface area contributed by atoms with Crippen LogP contribution in [0.3, 0.4) is 0 Å². The number of nitrogens with zero attached hydrogens (tertiary/aromatic N) is 1. The predicted molar refractivity (Wildman–Crippen MR) is 121 cm³/mol. The van der Waals surface area contributed by atoms with E-state index in [-0.39, 0.29) is 37.9 Å². The van der Waals surface area contributed by atoms with Crippen LogP contribution in [0.2, 0.25) is 5.02 Å². The van der Waals surface area contributed by atoms with Crippen LogP contribution in [0, 0.1) is 5.92 Å². The molecule has 1 aromatic carbocycles. The second-order valence-corrected chi connectivity index (χ2v) is 9.19. The average Bonchev–Trinajstić information content (AvgIpc) is 3.07. The van der Waals surface area contributed by atoms with Gasteiger partial charge in [0.15, 0.2) is 0 Å². The summed E-state index contributed by atoms with van der Waals surface area (Å²) in [6.07, 6.45) is -2.24. The maximum absolute atomic E-state index is 14.2. The van der Waals surface area contributed by atoms with Crippen LogP contribution >= 0.6 is 22.9 Å². The third kappa shape index (κ3) is 3.99. The molecule has 2 heterocycles. The number of rotatable bonds is 4. The molecule has 0 aliphatic heterocycles. The van der Waals surface area contributed by atoms with E-state index in [2.05, 4.69) is 10.3 Å². The van der Waals surface area contributed by atoms with Crippen molar-refractivity contribution in [1.82, 2.24) is 4.98 Å². The van der Waals surface area contributed by atoms with Crippen LogP contribution in [0.5, 0.6) is 5.75 Å². The normalized spacial score (nSPS) is 16.1. The molecule has 10 heteroatoms. The Bertz CT molecular complexity index is 1210. The van der Waals surface area contributed by atoms with Crippen LogP contribution in [0.1, 0.15) is 46.3 Å². The minimum Gasteiger partial charge on any atom is -0.495 e. The van der Waals surface area contributed by atoms with Gasteiger partial charge in [-0.2, -0.15) is 13.2 Å². The number of carbonyl (C=O) groups is 1. The molecule has 0 saturated heterocycles. The molecule has 0 fully saturated rings. The van der Waals surface area contributed by atoms with E-state index in [4.69, 9.17) is 22.1 Å². The lowest BCUT2D eigenvalue weighted by Gasteiger charge is -2.26. The van der Waals surface area contributed by atoms with Crippen molar-refractivity contribution < 1.29 is 22.7 Å². The summed E-state index contributed by atoms with van der Waals surface area (Å²) in [7, 11) is 1.43. The number of hydrogen-bond acceptors (Lipinski definition) is 5. The first kappa shape index (κ1) is 22.7. The summed E-state index contributed by atoms with van der Waals surface area (Å²) in [6.45, 7) is 1.97. The zero-order chi connectivity index (χ0) is 23.2. The van der Waals surface area contributed by atoms with Crippen molar-refractivity contribution in [2.24, 2.45) is 5.92 Å². The largest absolute Gasteiger partial charge is 0.495 e. The second-order valence-electron chi connectivity index (χ2n) is 7.75. The standard InChI is InChI=1S/C22H21ClF3N3O2S/c1-3-10-4-6-13-12(8-10)17(22(24,25)26)16-18(27)19(32-21(16)29-13)20(30)28-14-9-11(23)5-7-15(14)31-2/h5,7,9-10H,3-4,6,8,27H2,1-2H3,(H,28,30)/t10-/m1/s1. The number of methoxy groups -OCH3 is 1. The number of aryl methyl sites for hydroxylation is 1. The van der Waals surface area contributed by atoms with Crippen molar-refractivity contribution in [1.29, 1.82) is 0 Å². The Balaban J connectivity index is 1.84. The number of amides is 1. The number of nitrogens with one attached hydrogen (secondary N) is 1. The van der Waals surface area contributed by atoms with E-state index < -0.39 is 17.6 Å². The molecule has 5 nitrogen and oxygen atoms in total. The van der Waals surface area contributed by atoms with Crippen LogP contribution in [-0.2, 0) is 19.0 Å². The van der Waals surface area contributed by atoms with Gasteiger partial charge in [0.05, 0.1) is 24.0 Å². The number of ether oxygens (including phenoxy) is 1. The lowest BCUT2D eigenvalue weighted by atomic mass is 9.82. The Hall–Kier alpha value is -2.52. The fourth-order valence-electron chi connectivity index (χ4n) is 4.18. The number of anilines is 2. The first-order valence-corrected chi connectivity index (χ1v) is 11.3. The smallest absolute Gasteiger partial charge is 0.417 e. The molecule has 32 heavy (non-hydrogen) atoms. The molecule has 3 aromatic rings. The average molecular weight is 484 g/mol. The van der Waals surface area contributed by atoms with E-state index in [1.807, 2.05) is 6.92 Å². The first-order valence-electron chi connectivity index (χ1n) is 10.1. The highest BCUT2D eigenvalue weighted by atomic mass is 35.5. The molecule has 0 saturated carbocycles. The molecule has 1 aliphatic carbocycles. The maximum Gasteiger partial charge on any atom is 0.417 e. The third-order valence-corrected chi connectivity index (χ3v) is 7.16. The van der Waals surface area contributed by atoms with E-state index in [1.54, 1.807) is 12.1 Å².